The van der Waals surface area contributed by atoms with Gasteiger partial charge in [0, 0.05) is 11.8 Å². The second-order valence-corrected chi connectivity index (χ2v) is 4.10. The summed E-state index contributed by atoms with van der Waals surface area (Å²) in [5.74, 6) is 0. The van der Waals surface area contributed by atoms with E-state index < -0.39 is 0 Å². The Balaban J connectivity index is 3.23. The topological polar surface area (TPSA) is 32.9 Å². The highest BCUT2D eigenvalue weighted by molar-refractivity contribution is 5.26. The molecule has 0 atom stereocenters. The third-order valence-electron chi connectivity index (χ3n) is 2.73. The average molecular weight is 179 g/mol. The molecule has 0 aliphatic heterocycles. The molecule has 0 amide bonds. The van der Waals surface area contributed by atoms with Crippen molar-refractivity contribution in [1.29, 1.82) is 0 Å². The number of aromatic nitrogens is 1. The van der Waals surface area contributed by atoms with Gasteiger partial charge in [0.05, 0.1) is 0 Å². The molecule has 0 unspecified atom stereocenters. The maximum absolute atomic E-state index is 11.0. The van der Waals surface area contributed by atoms with Crippen molar-refractivity contribution in [3.63, 3.8) is 0 Å². The van der Waals surface area contributed by atoms with Crippen LogP contribution in [0.2, 0.25) is 0 Å². The van der Waals surface area contributed by atoms with Crippen LogP contribution in [0, 0.1) is 6.92 Å². The van der Waals surface area contributed by atoms with Gasteiger partial charge in [0.15, 0.2) is 0 Å². The molecule has 0 spiro atoms. The largest absolute Gasteiger partial charge is 0.326 e. The number of hydrogen-bond donors (Lipinski definition) is 1. The third-order valence-corrected chi connectivity index (χ3v) is 2.73. The summed E-state index contributed by atoms with van der Waals surface area (Å²) in [5.41, 5.74) is 2.34. The molecule has 0 saturated heterocycles. The number of H-pyrrole nitrogens is 1. The Morgan fingerprint density at radius 2 is 2.00 bits per heavy atom. The molecule has 1 N–H and O–H groups in total. The number of rotatable bonds is 2. The van der Waals surface area contributed by atoms with E-state index in [9.17, 15) is 4.79 Å². The van der Waals surface area contributed by atoms with E-state index in [-0.39, 0.29) is 11.0 Å². The molecule has 0 aliphatic rings. The van der Waals surface area contributed by atoms with Crippen molar-refractivity contribution in [2.45, 2.75) is 39.5 Å². The summed E-state index contributed by atoms with van der Waals surface area (Å²) in [6.45, 7) is 8.49. The van der Waals surface area contributed by atoms with Gasteiger partial charge in [-0.15, -0.1) is 0 Å². The van der Waals surface area contributed by atoms with E-state index in [4.69, 9.17) is 0 Å². The fraction of sp³-hybridized carbons (Fsp3) is 0.545. The summed E-state index contributed by atoms with van der Waals surface area (Å²) in [7, 11) is 0. The van der Waals surface area contributed by atoms with Crippen LogP contribution in [0.3, 0.4) is 0 Å². The SMILES string of the molecule is CCC(C)(C)c1ccc(=O)[nH]c1C. The van der Waals surface area contributed by atoms with E-state index in [1.54, 1.807) is 6.07 Å². The third kappa shape index (κ3) is 2.00. The van der Waals surface area contributed by atoms with E-state index in [1.807, 2.05) is 13.0 Å². The standard InChI is InChI=1S/C11H17NO/c1-5-11(3,4)9-6-7-10(13)12-8(9)2/h6-7H,5H2,1-4H3,(H,12,13). The summed E-state index contributed by atoms with van der Waals surface area (Å²) in [5, 5.41) is 0. The molecule has 2 nitrogen and oxygen atoms in total. The summed E-state index contributed by atoms with van der Waals surface area (Å²) < 4.78 is 0. The zero-order valence-corrected chi connectivity index (χ0v) is 8.77. The first-order valence-corrected chi connectivity index (χ1v) is 4.68. The monoisotopic (exact) mass is 179 g/mol. The van der Waals surface area contributed by atoms with Gasteiger partial charge >= 0.3 is 0 Å². The first-order chi connectivity index (χ1) is 5.97. The van der Waals surface area contributed by atoms with Gasteiger partial charge in [0.2, 0.25) is 5.56 Å². The molecule has 0 radical (unpaired) electrons. The van der Waals surface area contributed by atoms with Crippen molar-refractivity contribution >= 4 is 0 Å². The zero-order chi connectivity index (χ0) is 10.1. The van der Waals surface area contributed by atoms with E-state index in [2.05, 4.69) is 25.8 Å². The minimum absolute atomic E-state index is 0.0202. The van der Waals surface area contributed by atoms with Crippen LogP contribution in [-0.4, -0.2) is 4.98 Å². The normalized spacial score (nSPS) is 11.7. The number of nitrogens with one attached hydrogen (secondary N) is 1. The summed E-state index contributed by atoms with van der Waals surface area (Å²) >= 11 is 0. The van der Waals surface area contributed by atoms with Crippen molar-refractivity contribution in [1.82, 2.24) is 4.98 Å². The fourth-order valence-electron chi connectivity index (χ4n) is 1.50. The van der Waals surface area contributed by atoms with Crippen LogP contribution in [0.15, 0.2) is 16.9 Å². The lowest BCUT2D eigenvalue weighted by Crippen LogP contribution is -2.20. The van der Waals surface area contributed by atoms with Gasteiger partial charge in [-0.3, -0.25) is 4.79 Å². The molecule has 1 rings (SSSR count). The summed E-state index contributed by atoms with van der Waals surface area (Å²) in [6.07, 6.45) is 1.07. The molecule has 13 heavy (non-hydrogen) atoms. The minimum atomic E-state index is -0.0202. The van der Waals surface area contributed by atoms with Gasteiger partial charge in [-0.05, 0) is 24.3 Å². The van der Waals surface area contributed by atoms with E-state index >= 15 is 0 Å². The average Bonchev–Trinajstić information content (AvgIpc) is 2.03. The van der Waals surface area contributed by atoms with E-state index in [0.717, 1.165) is 12.1 Å². The Kier molecular flexibility index (Phi) is 2.60. The first kappa shape index (κ1) is 10.0. The number of aryl methyl sites for hydroxylation is 1. The van der Waals surface area contributed by atoms with Crippen molar-refractivity contribution in [2.75, 3.05) is 0 Å². The smallest absolute Gasteiger partial charge is 0.248 e. The lowest BCUT2D eigenvalue weighted by atomic mass is 9.81. The van der Waals surface area contributed by atoms with Gasteiger partial charge in [0.25, 0.3) is 0 Å². The molecular formula is C11H17NO. The fourth-order valence-corrected chi connectivity index (χ4v) is 1.50. The maximum atomic E-state index is 11.0. The van der Waals surface area contributed by atoms with Crippen LogP contribution in [0.25, 0.3) is 0 Å². The second-order valence-electron chi connectivity index (χ2n) is 4.10. The van der Waals surface area contributed by atoms with Crippen molar-refractivity contribution in [2.24, 2.45) is 0 Å². The van der Waals surface area contributed by atoms with Crippen molar-refractivity contribution < 1.29 is 0 Å². The molecule has 0 saturated carbocycles. The molecule has 0 bridgehead atoms. The molecule has 0 aliphatic carbocycles. The lowest BCUT2D eigenvalue weighted by Gasteiger charge is -2.24. The molecule has 72 valence electrons. The van der Waals surface area contributed by atoms with E-state index in [1.165, 1.54) is 5.56 Å². The zero-order valence-electron chi connectivity index (χ0n) is 8.77. The molecule has 0 aromatic carbocycles. The highest BCUT2D eigenvalue weighted by Crippen LogP contribution is 2.27. The number of aromatic amines is 1. The highest BCUT2D eigenvalue weighted by Gasteiger charge is 2.19. The summed E-state index contributed by atoms with van der Waals surface area (Å²) in [4.78, 5) is 13.8. The Morgan fingerprint density at radius 3 is 2.46 bits per heavy atom. The number of hydrogen-bond acceptors (Lipinski definition) is 1. The quantitative estimate of drug-likeness (QED) is 0.742. The lowest BCUT2D eigenvalue weighted by molar-refractivity contribution is 0.500. The van der Waals surface area contributed by atoms with E-state index in [0.29, 0.717) is 0 Å². The Morgan fingerprint density at radius 1 is 1.38 bits per heavy atom. The van der Waals surface area contributed by atoms with Gasteiger partial charge in [-0.2, -0.15) is 0 Å². The molecule has 1 heterocycles. The van der Waals surface area contributed by atoms with Gasteiger partial charge in [0.1, 0.15) is 0 Å². The second kappa shape index (κ2) is 3.36. The Labute approximate surface area is 79.0 Å². The highest BCUT2D eigenvalue weighted by atomic mass is 16.1. The predicted molar refractivity (Wildman–Crippen MR) is 55.1 cm³/mol. The molecule has 0 fully saturated rings. The molecule has 1 aromatic heterocycles. The van der Waals surface area contributed by atoms with Crippen molar-refractivity contribution in [3.8, 4) is 0 Å². The van der Waals surface area contributed by atoms with Crippen LogP contribution in [0.5, 0.6) is 0 Å². The Hall–Kier alpha value is -1.05. The number of pyridine rings is 1. The molecular weight excluding hydrogens is 162 g/mol. The van der Waals surface area contributed by atoms with Crippen LogP contribution >= 0.6 is 0 Å². The van der Waals surface area contributed by atoms with Gasteiger partial charge < -0.3 is 4.98 Å². The first-order valence-electron chi connectivity index (χ1n) is 4.68. The minimum Gasteiger partial charge on any atom is -0.326 e. The van der Waals surface area contributed by atoms with Gasteiger partial charge in [-0.1, -0.05) is 26.8 Å². The van der Waals surface area contributed by atoms with Crippen molar-refractivity contribution in [3.05, 3.63) is 33.7 Å². The van der Waals surface area contributed by atoms with Crippen LogP contribution in [-0.2, 0) is 5.41 Å². The summed E-state index contributed by atoms with van der Waals surface area (Å²) in [6, 6.07) is 3.53. The van der Waals surface area contributed by atoms with Crippen LogP contribution in [0.4, 0.5) is 0 Å². The molecule has 1 aromatic rings. The Bertz CT molecular complexity index is 349. The van der Waals surface area contributed by atoms with Gasteiger partial charge in [-0.25, -0.2) is 0 Å². The predicted octanol–water partition coefficient (Wildman–Crippen LogP) is 2.37. The maximum Gasteiger partial charge on any atom is 0.248 e. The molecule has 2 heteroatoms. The van der Waals surface area contributed by atoms with Crippen LogP contribution < -0.4 is 5.56 Å². The van der Waals surface area contributed by atoms with Crippen LogP contribution in [0.1, 0.15) is 38.4 Å².